The highest BCUT2D eigenvalue weighted by molar-refractivity contribution is 5.60. The Morgan fingerprint density at radius 3 is 2.41 bits per heavy atom. The van der Waals surface area contributed by atoms with Crippen molar-refractivity contribution < 1.29 is 4.39 Å². The highest BCUT2D eigenvalue weighted by Crippen LogP contribution is 2.18. The fourth-order valence-corrected chi connectivity index (χ4v) is 2.09. The number of rotatable bonds is 5. The Morgan fingerprint density at radius 1 is 0.864 bits per heavy atom. The van der Waals surface area contributed by atoms with Gasteiger partial charge in [0.25, 0.3) is 0 Å². The number of aromatic nitrogens is 1. The monoisotopic (exact) mass is 293 g/mol. The lowest BCUT2D eigenvalue weighted by Crippen LogP contribution is -2.00. The van der Waals surface area contributed by atoms with Crippen molar-refractivity contribution in [2.24, 2.45) is 0 Å². The van der Waals surface area contributed by atoms with Crippen LogP contribution >= 0.6 is 0 Å². The number of pyridine rings is 1. The van der Waals surface area contributed by atoms with Crippen LogP contribution in [0.4, 0.5) is 21.6 Å². The Hall–Kier alpha value is -2.88. The molecule has 22 heavy (non-hydrogen) atoms. The average molecular weight is 293 g/mol. The predicted molar refractivity (Wildman–Crippen MR) is 87.7 cm³/mol. The third-order valence-corrected chi connectivity index (χ3v) is 3.22. The van der Waals surface area contributed by atoms with Crippen molar-refractivity contribution in [3.8, 4) is 0 Å². The summed E-state index contributed by atoms with van der Waals surface area (Å²) in [5.74, 6) is 0.460. The number of hydrogen-bond acceptors (Lipinski definition) is 3. The minimum absolute atomic E-state index is 0.253. The summed E-state index contributed by atoms with van der Waals surface area (Å²) < 4.78 is 12.9. The summed E-state index contributed by atoms with van der Waals surface area (Å²) in [6, 6.07) is 20.2. The normalized spacial score (nSPS) is 10.2. The first-order valence-corrected chi connectivity index (χ1v) is 7.06. The van der Waals surface area contributed by atoms with Crippen molar-refractivity contribution in [1.29, 1.82) is 0 Å². The van der Waals surface area contributed by atoms with Gasteiger partial charge in [0, 0.05) is 30.2 Å². The SMILES string of the molecule is Fc1ccc(Nc2cc(NCc3ccccc3)ccn2)cc1. The second-order valence-corrected chi connectivity index (χ2v) is 4.90. The number of anilines is 3. The Labute approximate surface area is 128 Å². The molecule has 0 spiro atoms. The standard InChI is InChI=1S/C18H16FN3/c19-15-6-8-16(9-7-15)22-18-12-17(10-11-20-18)21-13-14-4-2-1-3-5-14/h1-12H,13H2,(H2,20,21,22). The smallest absolute Gasteiger partial charge is 0.132 e. The van der Waals surface area contributed by atoms with Crippen molar-refractivity contribution in [2.75, 3.05) is 10.6 Å². The van der Waals surface area contributed by atoms with E-state index in [0.29, 0.717) is 5.82 Å². The van der Waals surface area contributed by atoms with Crippen molar-refractivity contribution in [3.63, 3.8) is 0 Å². The van der Waals surface area contributed by atoms with Crippen LogP contribution in [-0.2, 0) is 6.54 Å². The molecule has 3 aromatic rings. The van der Waals surface area contributed by atoms with Gasteiger partial charge in [-0.3, -0.25) is 0 Å². The minimum atomic E-state index is -0.253. The van der Waals surface area contributed by atoms with E-state index in [4.69, 9.17) is 0 Å². The van der Waals surface area contributed by atoms with Gasteiger partial charge in [0.15, 0.2) is 0 Å². The molecule has 110 valence electrons. The van der Waals surface area contributed by atoms with E-state index >= 15 is 0 Å². The fraction of sp³-hybridized carbons (Fsp3) is 0.0556. The fourth-order valence-electron chi connectivity index (χ4n) is 2.09. The van der Waals surface area contributed by atoms with E-state index in [1.807, 2.05) is 30.3 Å². The number of hydrogen-bond donors (Lipinski definition) is 2. The van der Waals surface area contributed by atoms with Crippen LogP contribution in [0.15, 0.2) is 72.9 Å². The Morgan fingerprint density at radius 2 is 1.64 bits per heavy atom. The Bertz CT molecular complexity index is 727. The van der Waals surface area contributed by atoms with Gasteiger partial charge < -0.3 is 10.6 Å². The number of nitrogens with zero attached hydrogens (tertiary/aromatic N) is 1. The largest absolute Gasteiger partial charge is 0.381 e. The van der Waals surface area contributed by atoms with Crippen LogP contribution in [0, 0.1) is 5.82 Å². The first-order valence-electron chi connectivity index (χ1n) is 7.06. The van der Waals surface area contributed by atoms with Gasteiger partial charge in [-0.1, -0.05) is 30.3 Å². The molecule has 0 fully saturated rings. The second kappa shape index (κ2) is 6.72. The van der Waals surface area contributed by atoms with E-state index in [0.717, 1.165) is 17.9 Å². The molecular formula is C18H16FN3. The van der Waals surface area contributed by atoms with Crippen LogP contribution in [0.3, 0.4) is 0 Å². The summed E-state index contributed by atoms with van der Waals surface area (Å²) in [6.45, 7) is 0.751. The zero-order valence-electron chi connectivity index (χ0n) is 12.0. The third-order valence-electron chi connectivity index (χ3n) is 3.22. The molecular weight excluding hydrogens is 277 g/mol. The molecule has 1 aromatic heterocycles. The minimum Gasteiger partial charge on any atom is -0.381 e. The molecule has 3 nitrogen and oxygen atoms in total. The van der Waals surface area contributed by atoms with Crippen LogP contribution in [0.25, 0.3) is 0 Å². The summed E-state index contributed by atoms with van der Waals surface area (Å²) in [4.78, 5) is 4.27. The topological polar surface area (TPSA) is 37.0 Å². The molecule has 0 aliphatic heterocycles. The molecule has 3 rings (SSSR count). The molecule has 0 radical (unpaired) electrons. The van der Waals surface area contributed by atoms with Gasteiger partial charge >= 0.3 is 0 Å². The number of nitrogens with one attached hydrogen (secondary N) is 2. The van der Waals surface area contributed by atoms with Gasteiger partial charge in [-0.15, -0.1) is 0 Å². The molecule has 1 heterocycles. The van der Waals surface area contributed by atoms with E-state index in [1.165, 1.54) is 17.7 Å². The van der Waals surface area contributed by atoms with E-state index in [9.17, 15) is 4.39 Å². The molecule has 0 aliphatic carbocycles. The zero-order chi connectivity index (χ0) is 15.2. The molecule has 0 aliphatic rings. The third kappa shape index (κ3) is 3.82. The summed E-state index contributed by atoms with van der Waals surface area (Å²) in [5.41, 5.74) is 2.99. The maximum Gasteiger partial charge on any atom is 0.132 e. The van der Waals surface area contributed by atoms with Gasteiger partial charge in [0.1, 0.15) is 11.6 Å². The molecule has 0 unspecified atom stereocenters. The lowest BCUT2D eigenvalue weighted by atomic mass is 10.2. The maximum absolute atomic E-state index is 12.9. The van der Waals surface area contributed by atoms with Gasteiger partial charge in [-0.25, -0.2) is 9.37 Å². The first kappa shape index (κ1) is 14.1. The summed E-state index contributed by atoms with van der Waals surface area (Å²) in [6.07, 6.45) is 1.74. The Kier molecular flexibility index (Phi) is 4.30. The number of benzene rings is 2. The Balaban J connectivity index is 1.66. The summed E-state index contributed by atoms with van der Waals surface area (Å²) in [5, 5.41) is 6.51. The maximum atomic E-state index is 12.9. The highest BCUT2D eigenvalue weighted by atomic mass is 19.1. The molecule has 2 N–H and O–H groups in total. The van der Waals surface area contributed by atoms with Gasteiger partial charge in [-0.2, -0.15) is 0 Å². The van der Waals surface area contributed by atoms with Crippen LogP contribution in [-0.4, -0.2) is 4.98 Å². The quantitative estimate of drug-likeness (QED) is 0.723. The molecule has 0 saturated heterocycles. The van der Waals surface area contributed by atoms with E-state index < -0.39 is 0 Å². The van der Waals surface area contributed by atoms with Crippen LogP contribution < -0.4 is 10.6 Å². The van der Waals surface area contributed by atoms with Crippen LogP contribution in [0.1, 0.15) is 5.56 Å². The van der Waals surface area contributed by atoms with E-state index in [-0.39, 0.29) is 5.82 Å². The van der Waals surface area contributed by atoms with E-state index in [1.54, 1.807) is 18.3 Å². The highest BCUT2D eigenvalue weighted by Gasteiger charge is 1.99. The first-order chi connectivity index (χ1) is 10.8. The molecule has 0 atom stereocenters. The molecule has 0 saturated carbocycles. The number of halogens is 1. The molecule has 0 bridgehead atoms. The molecule has 2 aromatic carbocycles. The van der Waals surface area contributed by atoms with Gasteiger partial charge in [0.2, 0.25) is 0 Å². The average Bonchev–Trinajstić information content (AvgIpc) is 2.57. The van der Waals surface area contributed by atoms with Crippen LogP contribution in [0.2, 0.25) is 0 Å². The lowest BCUT2D eigenvalue weighted by molar-refractivity contribution is 0.628. The van der Waals surface area contributed by atoms with Crippen molar-refractivity contribution >= 4 is 17.2 Å². The summed E-state index contributed by atoms with van der Waals surface area (Å²) >= 11 is 0. The molecule has 0 amide bonds. The van der Waals surface area contributed by atoms with Gasteiger partial charge in [-0.05, 0) is 35.9 Å². The van der Waals surface area contributed by atoms with Crippen LogP contribution in [0.5, 0.6) is 0 Å². The second-order valence-electron chi connectivity index (χ2n) is 4.90. The lowest BCUT2D eigenvalue weighted by Gasteiger charge is -2.09. The van der Waals surface area contributed by atoms with Crippen molar-refractivity contribution in [3.05, 3.63) is 84.3 Å². The van der Waals surface area contributed by atoms with Crippen molar-refractivity contribution in [1.82, 2.24) is 4.98 Å². The van der Waals surface area contributed by atoms with Gasteiger partial charge in [0.05, 0.1) is 0 Å². The predicted octanol–water partition coefficient (Wildman–Crippen LogP) is 4.58. The van der Waals surface area contributed by atoms with Crippen molar-refractivity contribution in [2.45, 2.75) is 6.54 Å². The summed E-state index contributed by atoms with van der Waals surface area (Å²) in [7, 11) is 0. The molecule has 4 heteroatoms. The zero-order valence-corrected chi connectivity index (χ0v) is 12.0. The van der Waals surface area contributed by atoms with E-state index in [2.05, 4.69) is 27.8 Å².